The maximum atomic E-state index is 12.5. The van der Waals surface area contributed by atoms with Crippen LogP contribution in [0.1, 0.15) is 12.6 Å². The number of amides is 2. The first-order valence-corrected chi connectivity index (χ1v) is 9.60. The number of anilines is 1. The highest BCUT2D eigenvalue weighted by Crippen LogP contribution is 2.40. The number of fused-ring (bicyclic) bond motifs is 1. The number of hydrogen-bond acceptors (Lipinski definition) is 9. The van der Waals surface area contributed by atoms with Crippen molar-refractivity contribution in [2.24, 2.45) is 5.16 Å². The lowest BCUT2D eigenvalue weighted by Crippen LogP contribution is -2.71. The second kappa shape index (κ2) is 7.40. The summed E-state index contributed by atoms with van der Waals surface area (Å²) in [7, 11) is 0. The van der Waals surface area contributed by atoms with E-state index in [4.69, 9.17) is 10.9 Å². The van der Waals surface area contributed by atoms with Crippen molar-refractivity contribution in [3.63, 3.8) is 0 Å². The zero-order valence-electron chi connectivity index (χ0n) is 13.9. The van der Waals surface area contributed by atoms with Gasteiger partial charge in [0.05, 0.1) is 0 Å². The predicted molar refractivity (Wildman–Crippen MR) is 99.3 cm³/mol. The van der Waals surface area contributed by atoms with Gasteiger partial charge in [0.25, 0.3) is 11.8 Å². The smallest absolute Gasteiger partial charge is 0.352 e. The third-order valence-electron chi connectivity index (χ3n) is 3.93. The average Bonchev–Trinajstić information content (AvgIpc) is 3.05. The molecule has 5 N–H and O–H groups in total. The van der Waals surface area contributed by atoms with Gasteiger partial charge in [0.1, 0.15) is 22.8 Å². The molecule has 2 aliphatic heterocycles. The molecule has 0 radical (unpaired) electrons. The molecule has 0 aromatic carbocycles. The van der Waals surface area contributed by atoms with Gasteiger partial charge in [-0.2, -0.15) is 0 Å². The number of rotatable bonds is 5. The fourth-order valence-corrected chi connectivity index (χ4v) is 4.66. The van der Waals surface area contributed by atoms with Gasteiger partial charge in [0.15, 0.2) is 10.8 Å². The number of allylic oxidation sites excluding steroid dienone is 2. The van der Waals surface area contributed by atoms with Gasteiger partial charge in [-0.05, 0) is 12.5 Å². The van der Waals surface area contributed by atoms with Gasteiger partial charge >= 0.3 is 5.97 Å². The van der Waals surface area contributed by atoms with Crippen molar-refractivity contribution in [3.8, 4) is 0 Å². The Kier molecular flexibility index (Phi) is 5.19. The van der Waals surface area contributed by atoms with Crippen LogP contribution in [0, 0.1) is 0 Å². The molecule has 1 fully saturated rings. The van der Waals surface area contributed by atoms with Crippen LogP contribution < -0.4 is 11.1 Å². The molecule has 10 nitrogen and oxygen atoms in total. The third-order valence-corrected chi connectivity index (χ3v) is 5.91. The summed E-state index contributed by atoms with van der Waals surface area (Å²) in [6, 6.07) is -0.934. The number of nitrogens with one attached hydrogen (secondary N) is 1. The number of carbonyl (C=O) groups excluding carboxylic acids is 2. The highest BCUT2D eigenvalue weighted by atomic mass is 32.2. The van der Waals surface area contributed by atoms with Crippen molar-refractivity contribution >= 4 is 51.7 Å². The Hall–Kier alpha value is -2.86. The van der Waals surface area contributed by atoms with E-state index in [-0.39, 0.29) is 22.2 Å². The summed E-state index contributed by atoms with van der Waals surface area (Å²) in [5, 5.41) is 25.1. The van der Waals surface area contributed by atoms with Crippen molar-refractivity contribution in [2.45, 2.75) is 18.3 Å². The molecule has 2 amide bonds. The standard InChI is InChI=1S/C15H15N5O5S2/c1-2-3-6-4-26-13-9(12(22)20(13)10(6)14(23)24)18-11(21)8(19-25)7-5-27-15(16)17-7/h2-3,5,9,13,25H,4H2,1H3,(H2,16,17)(H,18,21)(H,23,24)/b3-2-,19-8+/t9-,13-/m1/s1. The number of thiazole rings is 1. The van der Waals surface area contributed by atoms with E-state index < -0.39 is 29.2 Å². The lowest BCUT2D eigenvalue weighted by molar-refractivity contribution is -0.150. The Morgan fingerprint density at radius 3 is 2.81 bits per heavy atom. The molecular weight excluding hydrogens is 394 g/mol. The maximum Gasteiger partial charge on any atom is 0.352 e. The Morgan fingerprint density at radius 2 is 2.26 bits per heavy atom. The molecule has 3 heterocycles. The molecule has 1 aromatic heterocycles. The normalized spacial score (nSPS) is 22.6. The summed E-state index contributed by atoms with van der Waals surface area (Å²) in [4.78, 5) is 41.5. The first-order chi connectivity index (χ1) is 12.9. The number of nitrogens with zero attached hydrogens (tertiary/aromatic N) is 3. The van der Waals surface area contributed by atoms with E-state index >= 15 is 0 Å². The van der Waals surface area contributed by atoms with Crippen LogP contribution >= 0.6 is 23.1 Å². The fourth-order valence-electron chi connectivity index (χ4n) is 2.79. The van der Waals surface area contributed by atoms with Crippen LogP contribution in [-0.2, 0) is 14.4 Å². The van der Waals surface area contributed by atoms with E-state index in [9.17, 15) is 19.5 Å². The van der Waals surface area contributed by atoms with Gasteiger partial charge < -0.3 is 21.4 Å². The highest BCUT2D eigenvalue weighted by molar-refractivity contribution is 8.00. The predicted octanol–water partition coefficient (Wildman–Crippen LogP) is 0.218. The van der Waals surface area contributed by atoms with Crippen LogP contribution in [0.5, 0.6) is 0 Å². The summed E-state index contributed by atoms with van der Waals surface area (Å²) in [6.07, 6.45) is 3.35. The first kappa shape index (κ1) is 18.9. The van der Waals surface area contributed by atoms with Gasteiger partial charge in [0, 0.05) is 11.1 Å². The quantitative estimate of drug-likeness (QED) is 0.233. The van der Waals surface area contributed by atoms with Crippen molar-refractivity contribution < 1.29 is 24.7 Å². The Bertz CT molecular complexity index is 906. The molecule has 0 saturated carbocycles. The SMILES string of the molecule is C/C=C\C1=C(C(=O)O)N2C(=O)[C@@H](NC(=O)/C(=N/O)c3csc(N)n3)[C@H]2SC1. The van der Waals surface area contributed by atoms with E-state index in [0.717, 1.165) is 16.2 Å². The molecule has 0 unspecified atom stereocenters. The topological polar surface area (TPSA) is 158 Å². The maximum absolute atomic E-state index is 12.5. The van der Waals surface area contributed by atoms with Crippen LogP contribution in [0.4, 0.5) is 5.13 Å². The molecule has 2 atom stereocenters. The Labute approximate surface area is 161 Å². The molecule has 1 saturated heterocycles. The number of carboxylic acids is 1. The van der Waals surface area contributed by atoms with Crippen molar-refractivity contribution in [3.05, 3.63) is 34.5 Å². The Balaban J connectivity index is 1.79. The zero-order chi connectivity index (χ0) is 19.7. The van der Waals surface area contributed by atoms with E-state index in [1.54, 1.807) is 19.1 Å². The summed E-state index contributed by atoms with van der Waals surface area (Å²) in [6.45, 7) is 1.76. The van der Waals surface area contributed by atoms with Crippen LogP contribution in [0.2, 0.25) is 0 Å². The number of thioether (sulfide) groups is 1. The van der Waals surface area contributed by atoms with Crippen molar-refractivity contribution in [2.75, 3.05) is 11.5 Å². The van der Waals surface area contributed by atoms with Crippen molar-refractivity contribution in [1.82, 2.24) is 15.2 Å². The van der Waals surface area contributed by atoms with Gasteiger partial charge in [-0.1, -0.05) is 17.3 Å². The monoisotopic (exact) mass is 409 g/mol. The van der Waals surface area contributed by atoms with Crippen LogP contribution in [-0.4, -0.2) is 60.9 Å². The number of nitrogens with two attached hydrogens (primary N) is 1. The number of hydrogen-bond donors (Lipinski definition) is 4. The largest absolute Gasteiger partial charge is 0.477 e. The minimum absolute atomic E-state index is 0.0823. The second-order valence-corrected chi connectivity index (χ2v) is 7.55. The molecule has 3 rings (SSSR count). The summed E-state index contributed by atoms with van der Waals surface area (Å²) >= 11 is 2.41. The number of aromatic nitrogens is 1. The third kappa shape index (κ3) is 3.28. The molecular formula is C15H15N5O5S2. The fraction of sp³-hybridized carbons (Fsp3) is 0.267. The van der Waals surface area contributed by atoms with Gasteiger partial charge in [-0.25, -0.2) is 9.78 Å². The van der Waals surface area contributed by atoms with Crippen molar-refractivity contribution in [1.29, 1.82) is 0 Å². The Morgan fingerprint density at radius 1 is 1.52 bits per heavy atom. The lowest BCUT2D eigenvalue weighted by Gasteiger charge is -2.49. The molecule has 0 aliphatic carbocycles. The van der Waals surface area contributed by atoms with E-state index in [0.29, 0.717) is 11.3 Å². The number of carbonyl (C=O) groups is 3. The minimum Gasteiger partial charge on any atom is -0.477 e. The summed E-state index contributed by atoms with van der Waals surface area (Å²) < 4.78 is 0. The molecule has 1 aromatic rings. The van der Waals surface area contributed by atoms with Gasteiger partial charge in [-0.15, -0.1) is 23.1 Å². The number of carboxylic acid groups (broad SMARTS) is 1. The number of nitrogen functional groups attached to an aromatic ring is 1. The number of aliphatic carboxylic acids is 1. The summed E-state index contributed by atoms with van der Waals surface area (Å²) in [5.74, 6) is -2.17. The zero-order valence-corrected chi connectivity index (χ0v) is 15.6. The van der Waals surface area contributed by atoms with Gasteiger partial charge in [-0.3, -0.25) is 14.5 Å². The molecule has 2 aliphatic rings. The second-order valence-electron chi connectivity index (χ2n) is 5.56. The van der Waals surface area contributed by atoms with E-state index in [1.165, 1.54) is 17.1 Å². The number of β-lactam (4-membered cyclic amide) rings is 1. The highest BCUT2D eigenvalue weighted by Gasteiger charge is 2.54. The average molecular weight is 409 g/mol. The van der Waals surface area contributed by atoms with E-state index in [2.05, 4.69) is 15.5 Å². The lowest BCUT2D eigenvalue weighted by atomic mass is 10.0. The van der Waals surface area contributed by atoms with Crippen LogP contribution in [0.15, 0.2) is 34.0 Å². The van der Waals surface area contributed by atoms with E-state index in [1.807, 2.05) is 0 Å². The molecule has 0 bridgehead atoms. The number of oxime groups is 1. The first-order valence-electron chi connectivity index (χ1n) is 7.67. The molecule has 27 heavy (non-hydrogen) atoms. The summed E-state index contributed by atoms with van der Waals surface area (Å²) in [5.41, 5.74) is 5.66. The van der Waals surface area contributed by atoms with Crippen LogP contribution in [0.25, 0.3) is 0 Å². The minimum atomic E-state index is -1.21. The van der Waals surface area contributed by atoms with Gasteiger partial charge in [0.2, 0.25) is 0 Å². The molecule has 12 heteroatoms. The molecule has 0 spiro atoms. The molecule has 142 valence electrons. The van der Waals surface area contributed by atoms with Crippen LogP contribution in [0.3, 0.4) is 0 Å².